The third-order valence-electron chi connectivity index (χ3n) is 3.12. The number of rotatable bonds is 6. The van der Waals surface area contributed by atoms with Crippen LogP contribution in [0.25, 0.3) is 0 Å². The summed E-state index contributed by atoms with van der Waals surface area (Å²) >= 11 is 0. The zero-order valence-electron chi connectivity index (χ0n) is 11.6. The van der Waals surface area contributed by atoms with Gasteiger partial charge in [0.1, 0.15) is 10.7 Å². The van der Waals surface area contributed by atoms with E-state index in [0.717, 1.165) is 11.8 Å². The molecule has 1 aromatic carbocycles. The molecule has 0 amide bonds. The summed E-state index contributed by atoms with van der Waals surface area (Å²) in [5, 5.41) is 3.99. The second kappa shape index (κ2) is 6.33. The molecule has 0 aliphatic carbocycles. The lowest BCUT2D eigenvalue weighted by atomic mass is 10.2. The molecule has 0 aliphatic heterocycles. The number of sulfonamides is 1. The van der Waals surface area contributed by atoms with Crippen LogP contribution in [0.3, 0.4) is 0 Å². The molecule has 0 fully saturated rings. The zero-order valence-corrected chi connectivity index (χ0v) is 12.4. The number of aryl methyl sites for hydroxylation is 1. The van der Waals surface area contributed by atoms with Gasteiger partial charge in [-0.3, -0.25) is 4.68 Å². The summed E-state index contributed by atoms with van der Waals surface area (Å²) < 4.78 is 42.0. The van der Waals surface area contributed by atoms with Gasteiger partial charge in [0.25, 0.3) is 0 Å². The van der Waals surface area contributed by atoms with Crippen LogP contribution in [0.2, 0.25) is 0 Å². The number of aromatic nitrogens is 2. The molecule has 0 atom stereocenters. The standard InChI is InChI=1S/C13H17FN4O2S/c1-18-11(4-6-16-18)5-7-17-21(19,20)13-8-10(9-15)2-3-12(13)14/h2-4,6,8,17H,5,7,9,15H2,1H3. The second-order valence-corrected chi connectivity index (χ2v) is 6.30. The molecule has 1 aromatic heterocycles. The molecular formula is C13H17FN4O2S. The van der Waals surface area contributed by atoms with E-state index in [1.165, 1.54) is 12.1 Å². The highest BCUT2D eigenvalue weighted by atomic mass is 32.2. The molecule has 0 bridgehead atoms. The minimum atomic E-state index is -3.90. The van der Waals surface area contributed by atoms with Crippen molar-refractivity contribution < 1.29 is 12.8 Å². The first kappa shape index (κ1) is 15.6. The molecule has 0 radical (unpaired) electrons. The maximum atomic E-state index is 13.7. The first-order valence-electron chi connectivity index (χ1n) is 6.39. The number of hydrogen-bond acceptors (Lipinski definition) is 4. The van der Waals surface area contributed by atoms with E-state index in [1.54, 1.807) is 24.0 Å². The maximum absolute atomic E-state index is 13.7. The first-order chi connectivity index (χ1) is 9.94. The van der Waals surface area contributed by atoms with Gasteiger partial charge in [-0.25, -0.2) is 17.5 Å². The molecule has 8 heteroatoms. The van der Waals surface area contributed by atoms with Crippen molar-refractivity contribution in [3.63, 3.8) is 0 Å². The van der Waals surface area contributed by atoms with Gasteiger partial charge >= 0.3 is 0 Å². The van der Waals surface area contributed by atoms with Crippen molar-refractivity contribution in [1.82, 2.24) is 14.5 Å². The highest BCUT2D eigenvalue weighted by Gasteiger charge is 2.19. The third kappa shape index (κ3) is 3.66. The van der Waals surface area contributed by atoms with Gasteiger partial charge in [-0.2, -0.15) is 5.10 Å². The fraction of sp³-hybridized carbons (Fsp3) is 0.308. The van der Waals surface area contributed by atoms with Gasteiger partial charge in [0.2, 0.25) is 10.0 Å². The Labute approximate surface area is 122 Å². The third-order valence-corrected chi connectivity index (χ3v) is 4.59. The van der Waals surface area contributed by atoms with Gasteiger partial charge in [-0.1, -0.05) is 6.07 Å². The summed E-state index contributed by atoms with van der Waals surface area (Å²) in [6.07, 6.45) is 2.10. The predicted molar refractivity (Wildman–Crippen MR) is 76.4 cm³/mol. The molecule has 2 aromatic rings. The summed E-state index contributed by atoms with van der Waals surface area (Å²) in [5.74, 6) is -0.791. The number of halogens is 1. The summed E-state index contributed by atoms with van der Waals surface area (Å²) in [6.45, 7) is 0.311. The summed E-state index contributed by atoms with van der Waals surface area (Å²) in [7, 11) is -2.13. The minimum Gasteiger partial charge on any atom is -0.326 e. The van der Waals surface area contributed by atoms with E-state index >= 15 is 0 Å². The average Bonchev–Trinajstić information content (AvgIpc) is 2.84. The fourth-order valence-corrected chi connectivity index (χ4v) is 3.08. The molecule has 0 spiro atoms. The number of hydrogen-bond donors (Lipinski definition) is 2. The van der Waals surface area contributed by atoms with Crippen LogP contribution in [0.15, 0.2) is 35.4 Å². The molecule has 6 nitrogen and oxygen atoms in total. The van der Waals surface area contributed by atoms with Crippen LogP contribution < -0.4 is 10.5 Å². The Morgan fingerprint density at radius 3 is 2.76 bits per heavy atom. The van der Waals surface area contributed by atoms with Crippen molar-refractivity contribution >= 4 is 10.0 Å². The Bertz CT molecular complexity index is 728. The molecule has 0 saturated heterocycles. The monoisotopic (exact) mass is 312 g/mol. The minimum absolute atomic E-state index is 0.151. The highest BCUT2D eigenvalue weighted by molar-refractivity contribution is 7.89. The van der Waals surface area contributed by atoms with E-state index in [2.05, 4.69) is 9.82 Å². The van der Waals surface area contributed by atoms with Gasteiger partial charge in [-0.05, 0) is 23.8 Å². The molecule has 0 aliphatic rings. The Kier molecular flexibility index (Phi) is 4.71. The van der Waals surface area contributed by atoms with Crippen molar-refractivity contribution in [2.75, 3.05) is 6.54 Å². The molecule has 0 unspecified atom stereocenters. The van der Waals surface area contributed by atoms with Gasteiger partial charge in [-0.15, -0.1) is 0 Å². The second-order valence-electron chi connectivity index (χ2n) is 4.56. The number of nitrogens with zero attached hydrogens (tertiary/aromatic N) is 2. The summed E-state index contributed by atoms with van der Waals surface area (Å²) in [4.78, 5) is -0.379. The fourth-order valence-electron chi connectivity index (χ4n) is 1.92. The van der Waals surface area contributed by atoms with E-state index in [0.29, 0.717) is 12.0 Å². The molecule has 2 rings (SSSR count). The van der Waals surface area contributed by atoms with Crippen LogP contribution in [0, 0.1) is 5.82 Å². The maximum Gasteiger partial charge on any atom is 0.243 e. The lowest BCUT2D eigenvalue weighted by Gasteiger charge is -2.09. The lowest BCUT2D eigenvalue weighted by Crippen LogP contribution is -2.27. The topological polar surface area (TPSA) is 90.0 Å². The van der Waals surface area contributed by atoms with Crippen LogP contribution in [0.4, 0.5) is 4.39 Å². The highest BCUT2D eigenvalue weighted by Crippen LogP contribution is 2.16. The van der Waals surface area contributed by atoms with Crippen LogP contribution in [0.5, 0.6) is 0 Å². The van der Waals surface area contributed by atoms with E-state index in [1.807, 2.05) is 0 Å². The van der Waals surface area contributed by atoms with Crippen molar-refractivity contribution in [2.45, 2.75) is 17.9 Å². The molecular weight excluding hydrogens is 295 g/mol. The van der Waals surface area contributed by atoms with E-state index in [4.69, 9.17) is 5.73 Å². The van der Waals surface area contributed by atoms with Gasteiger partial charge in [0, 0.05) is 38.4 Å². The van der Waals surface area contributed by atoms with Crippen LogP contribution >= 0.6 is 0 Å². The lowest BCUT2D eigenvalue weighted by molar-refractivity contribution is 0.555. The van der Waals surface area contributed by atoms with Gasteiger partial charge < -0.3 is 5.73 Å². The molecule has 114 valence electrons. The SMILES string of the molecule is Cn1nccc1CCNS(=O)(=O)c1cc(CN)ccc1F. The first-order valence-corrected chi connectivity index (χ1v) is 7.87. The smallest absolute Gasteiger partial charge is 0.243 e. The Morgan fingerprint density at radius 2 is 2.14 bits per heavy atom. The summed E-state index contributed by atoms with van der Waals surface area (Å²) in [5.41, 5.74) is 6.89. The van der Waals surface area contributed by atoms with E-state index in [-0.39, 0.29) is 18.0 Å². The Morgan fingerprint density at radius 1 is 1.38 bits per heavy atom. The number of nitrogens with two attached hydrogens (primary N) is 1. The normalized spacial score (nSPS) is 11.8. The van der Waals surface area contributed by atoms with Crippen LogP contribution in [0.1, 0.15) is 11.3 Å². The average molecular weight is 312 g/mol. The van der Waals surface area contributed by atoms with Crippen LogP contribution in [-0.4, -0.2) is 24.7 Å². The molecule has 0 saturated carbocycles. The quantitative estimate of drug-likeness (QED) is 0.814. The van der Waals surface area contributed by atoms with Crippen molar-refractivity contribution in [2.24, 2.45) is 12.8 Å². The largest absolute Gasteiger partial charge is 0.326 e. The Hall–Kier alpha value is -1.77. The van der Waals surface area contributed by atoms with Crippen molar-refractivity contribution in [1.29, 1.82) is 0 Å². The van der Waals surface area contributed by atoms with E-state index in [9.17, 15) is 12.8 Å². The summed E-state index contributed by atoms with van der Waals surface area (Å²) in [6, 6.07) is 5.62. The zero-order chi connectivity index (χ0) is 15.5. The van der Waals surface area contributed by atoms with Gasteiger partial charge in [0.05, 0.1) is 0 Å². The van der Waals surface area contributed by atoms with Crippen molar-refractivity contribution in [3.05, 3.63) is 47.5 Å². The van der Waals surface area contributed by atoms with Crippen LogP contribution in [-0.2, 0) is 30.0 Å². The number of nitrogens with one attached hydrogen (secondary N) is 1. The molecule has 1 heterocycles. The Balaban J connectivity index is 2.10. The number of benzene rings is 1. The van der Waals surface area contributed by atoms with E-state index < -0.39 is 15.8 Å². The van der Waals surface area contributed by atoms with Gasteiger partial charge in [0.15, 0.2) is 0 Å². The molecule has 21 heavy (non-hydrogen) atoms. The molecule has 3 N–H and O–H groups in total. The van der Waals surface area contributed by atoms with Crippen molar-refractivity contribution in [3.8, 4) is 0 Å². The predicted octanol–water partition coefficient (Wildman–Crippen LogP) is 0.539.